The summed E-state index contributed by atoms with van der Waals surface area (Å²) in [5.41, 5.74) is -3.56. The zero-order chi connectivity index (χ0) is 15.7. The maximum atomic E-state index is 13.0. The first-order valence-electron chi connectivity index (χ1n) is 6.11. The fourth-order valence-electron chi connectivity index (χ4n) is 2.51. The molecule has 2 unspecified atom stereocenters. The molecule has 0 fully saturated rings. The highest BCUT2D eigenvalue weighted by molar-refractivity contribution is 5.72. The third-order valence-electron chi connectivity index (χ3n) is 3.32. The van der Waals surface area contributed by atoms with Gasteiger partial charge in [0.1, 0.15) is 5.60 Å². The van der Waals surface area contributed by atoms with Crippen molar-refractivity contribution in [3.63, 3.8) is 0 Å². The number of halogens is 3. The molecule has 0 aliphatic heterocycles. The summed E-state index contributed by atoms with van der Waals surface area (Å²) in [6.07, 6.45) is -4.65. The second-order valence-corrected chi connectivity index (χ2v) is 5.25. The number of benzene rings is 1. The van der Waals surface area contributed by atoms with Crippen LogP contribution in [-0.4, -0.2) is 16.2 Å². The lowest BCUT2D eigenvalue weighted by Crippen LogP contribution is -2.41. The van der Waals surface area contributed by atoms with Gasteiger partial charge in [-0.1, -0.05) is 32.0 Å². The fraction of sp³-hybridized carbons (Fsp3) is 0.500. The Bertz CT molecular complexity index is 493. The van der Waals surface area contributed by atoms with Crippen LogP contribution in [0.2, 0.25) is 0 Å². The molecule has 0 heterocycles. The summed E-state index contributed by atoms with van der Waals surface area (Å²) in [6, 6.07) is 4.50. The van der Waals surface area contributed by atoms with Gasteiger partial charge in [0.25, 0.3) is 0 Å². The number of hydrogen-bond donors (Lipinski definition) is 2. The number of carboxylic acid groups (broad SMARTS) is 1. The van der Waals surface area contributed by atoms with E-state index in [4.69, 9.17) is 0 Å². The van der Waals surface area contributed by atoms with Crippen LogP contribution >= 0.6 is 0 Å². The first kappa shape index (κ1) is 16.5. The van der Waals surface area contributed by atoms with Crippen LogP contribution in [0.3, 0.4) is 0 Å². The summed E-state index contributed by atoms with van der Waals surface area (Å²) in [5.74, 6) is -3.20. The zero-order valence-electron chi connectivity index (χ0n) is 11.4. The number of alkyl halides is 3. The molecule has 1 aromatic rings. The van der Waals surface area contributed by atoms with E-state index in [1.807, 2.05) is 0 Å². The van der Waals surface area contributed by atoms with E-state index in [0.717, 1.165) is 19.1 Å². The third-order valence-corrected chi connectivity index (χ3v) is 3.32. The van der Waals surface area contributed by atoms with Crippen LogP contribution < -0.4 is 0 Å². The van der Waals surface area contributed by atoms with E-state index in [1.165, 1.54) is 12.1 Å². The largest absolute Gasteiger partial charge is 0.481 e. The SMILES string of the molecule is CC(C)C(C(=O)O)C(C)(O)c1ccccc1C(F)(F)F. The Morgan fingerprint density at radius 2 is 1.60 bits per heavy atom. The van der Waals surface area contributed by atoms with Gasteiger partial charge in [-0.25, -0.2) is 0 Å². The van der Waals surface area contributed by atoms with Gasteiger partial charge < -0.3 is 10.2 Å². The summed E-state index contributed by atoms with van der Waals surface area (Å²) < 4.78 is 39.0. The Labute approximate surface area is 115 Å². The van der Waals surface area contributed by atoms with Crippen molar-refractivity contribution in [3.05, 3.63) is 35.4 Å². The van der Waals surface area contributed by atoms with Crippen molar-refractivity contribution in [1.82, 2.24) is 0 Å². The van der Waals surface area contributed by atoms with Gasteiger partial charge >= 0.3 is 12.1 Å². The van der Waals surface area contributed by atoms with Crippen molar-refractivity contribution in [2.24, 2.45) is 11.8 Å². The molecule has 0 amide bonds. The molecule has 1 rings (SSSR count). The standard InChI is InChI=1S/C14H17F3O3/c1-8(2)11(12(18)19)13(3,20)9-6-4-5-7-10(9)14(15,16)17/h4-8,11,20H,1-3H3,(H,18,19). The lowest BCUT2D eigenvalue weighted by atomic mass is 9.75. The normalized spacial score (nSPS) is 16.8. The van der Waals surface area contributed by atoms with Gasteiger partial charge in [0.15, 0.2) is 0 Å². The van der Waals surface area contributed by atoms with Crippen molar-refractivity contribution in [2.45, 2.75) is 32.5 Å². The minimum atomic E-state index is -4.65. The number of aliphatic hydroxyl groups is 1. The van der Waals surface area contributed by atoms with E-state index in [0.29, 0.717) is 0 Å². The molecule has 0 bridgehead atoms. The van der Waals surface area contributed by atoms with Gasteiger partial charge in [-0.05, 0) is 24.5 Å². The average Bonchev–Trinajstić information content (AvgIpc) is 2.26. The number of carbonyl (C=O) groups is 1. The van der Waals surface area contributed by atoms with Crippen LogP contribution in [0.5, 0.6) is 0 Å². The van der Waals surface area contributed by atoms with E-state index in [2.05, 4.69) is 0 Å². The summed E-state index contributed by atoms with van der Waals surface area (Å²) >= 11 is 0. The molecule has 0 aliphatic carbocycles. The van der Waals surface area contributed by atoms with E-state index in [-0.39, 0.29) is 0 Å². The molecular weight excluding hydrogens is 273 g/mol. The smallest absolute Gasteiger partial charge is 0.416 e. The zero-order valence-corrected chi connectivity index (χ0v) is 11.4. The molecule has 2 atom stereocenters. The third kappa shape index (κ3) is 3.12. The van der Waals surface area contributed by atoms with Crippen molar-refractivity contribution in [1.29, 1.82) is 0 Å². The Morgan fingerprint density at radius 1 is 1.15 bits per heavy atom. The molecule has 0 radical (unpaired) electrons. The predicted molar refractivity (Wildman–Crippen MR) is 67.0 cm³/mol. The van der Waals surface area contributed by atoms with Gasteiger partial charge in [-0.15, -0.1) is 0 Å². The van der Waals surface area contributed by atoms with E-state index in [9.17, 15) is 28.2 Å². The molecule has 0 spiro atoms. The topological polar surface area (TPSA) is 57.5 Å². The average molecular weight is 290 g/mol. The Morgan fingerprint density at radius 3 is 1.95 bits per heavy atom. The minimum absolute atomic E-state index is 0.423. The molecule has 0 aromatic heterocycles. The molecular formula is C14H17F3O3. The first-order chi connectivity index (χ1) is 8.99. The van der Waals surface area contributed by atoms with E-state index >= 15 is 0 Å². The Hall–Kier alpha value is -1.56. The lowest BCUT2D eigenvalue weighted by molar-refractivity contribution is -0.158. The number of carboxylic acids is 1. The lowest BCUT2D eigenvalue weighted by Gasteiger charge is -2.34. The van der Waals surface area contributed by atoms with Crippen LogP contribution in [0.1, 0.15) is 31.9 Å². The van der Waals surface area contributed by atoms with Crippen LogP contribution in [0.15, 0.2) is 24.3 Å². The molecule has 0 aliphatic rings. The highest BCUT2D eigenvalue weighted by Crippen LogP contribution is 2.41. The van der Waals surface area contributed by atoms with Crippen LogP contribution in [0, 0.1) is 11.8 Å². The maximum Gasteiger partial charge on any atom is 0.416 e. The Kier molecular flexibility index (Phi) is 4.49. The molecule has 0 saturated carbocycles. The number of hydrogen-bond acceptors (Lipinski definition) is 2. The molecule has 3 nitrogen and oxygen atoms in total. The van der Waals surface area contributed by atoms with Gasteiger partial charge in [-0.3, -0.25) is 4.79 Å². The highest BCUT2D eigenvalue weighted by Gasteiger charge is 2.46. The van der Waals surface area contributed by atoms with Crippen LogP contribution in [-0.2, 0) is 16.6 Å². The van der Waals surface area contributed by atoms with Crippen LogP contribution in [0.25, 0.3) is 0 Å². The van der Waals surface area contributed by atoms with Gasteiger partial charge in [0.05, 0.1) is 11.5 Å². The summed E-state index contributed by atoms with van der Waals surface area (Å²) in [5, 5.41) is 19.6. The quantitative estimate of drug-likeness (QED) is 0.894. The van der Waals surface area contributed by atoms with Gasteiger partial charge in [-0.2, -0.15) is 13.2 Å². The number of rotatable bonds is 4. The molecule has 20 heavy (non-hydrogen) atoms. The van der Waals surface area contributed by atoms with E-state index in [1.54, 1.807) is 13.8 Å². The van der Waals surface area contributed by atoms with Crippen molar-refractivity contribution < 1.29 is 28.2 Å². The highest BCUT2D eigenvalue weighted by atomic mass is 19.4. The minimum Gasteiger partial charge on any atom is -0.481 e. The van der Waals surface area contributed by atoms with Gasteiger partial charge in [0.2, 0.25) is 0 Å². The van der Waals surface area contributed by atoms with Crippen molar-refractivity contribution in [2.75, 3.05) is 0 Å². The second-order valence-electron chi connectivity index (χ2n) is 5.25. The maximum absolute atomic E-state index is 13.0. The van der Waals surface area contributed by atoms with Crippen molar-refractivity contribution in [3.8, 4) is 0 Å². The van der Waals surface area contributed by atoms with Crippen LogP contribution in [0.4, 0.5) is 13.2 Å². The predicted octanol–water partition coefficient (Wildman–Crippen LogP) is 3.27. The molecule has 1 aromatic carbocycles. The molecule has 112 valence electrons. The summed E-state index contributed by atoms with van der Waals surface area (Å²) in [6.45, 7) is 4.20. The molecule has 2 N–H and O–H groups in total. The Balaban J connectivity index is 3.46. The first-order valence-corrected chi connectivity index (χ1v) is 6.11. The van der Waals surface area contributed by atoms with Crippen molar-refractivity contribution >= 4 is 5.97 Å². The molecule has 6 heteroatoms. The van der Waals surface area contributed by atoms with Gasteiger partial charge in [0, 0.05) is 0 Å². The fourth-order valence-corrected chi connectivity index (χ4v) is 2.51. The number of aliphatic carboxylic acids is 1. The summed E-state index contributed by atoms with van der Waals surface area (Å²) in [4.78, 5) is 11.3. The molecule has 0 saturated heterocycles. The monoisotopic (exact) mass is 290 g/mol. The van der Waals surface area contributed by atoms with E-state index < -0.39 is 40.7 Å². The summed E-state index contributed by atoms with van der Waals surface area (Å²) in [7, 11) is 0. The second kappa shape index (κ2) is 5.44.